The average Bonchev–Trinajstić information content (AvgIpc) is 2.84. The van der Waals surface area contributed by atoms with Crippen LogP contribution in [-0.4, -0.2) is 60.4 Å². The molecule has 0 radical (unpaired) electrons. The van der Waals surface area contributed by atoms with Crippen molar-refractivity contribution in [2.45, 2.75) is 13.8 Å². The monoisotopic (exact) mass is 448 g/mol. The van der Waals surface area contributed by atoms with E-state index in [1.54, 1.807) is 28.9 Å². The third-order valence-corrected chi connectivity index (χ3v) is 5.81. The summed E-state index contributed by atoms with van der Waals surface area (Å²) in [6.45, 7) is 4.42. The lowest BCUT2D eigenvalue weighted by molar-refractivity contribution is -0.140. The van der Waals surface area contributed by atoms with E-state index in [1.807, 2.05) is 30.3 Å². The fourth-order valence-electron chi connectivity index (χ4n) is 3.90. The van der Waals surface area contributed by atoms with E-state index in [1.165, 1.54) is 13.0 Å². The first kappa shape index (κ1) is 22.3. The van der Waals surface area contributed by atoms with Crippen molar-refractivity contribution in [3.63, 3.8) is 0 Å². The van der Waals surface area contributed by atoms with Gasteiger partial charge in [0.15, 0.2) is 17.6 Å². The fourth-order valence-corrected chi connectivity index (χ4v) is 3.90. The molecule has 1 aliphatic rings. The van der Waals surface area contributed by atoms with Crippen molar-refractivity contribution in [1.82, 2.24) is 9.80 Å². The minimum Gasteiger partial charge on any atom is -0.455 e. The van der Waals surface area contributed by atoms with Crippen LogP contribution in [0.1, 0.15) is 22.8 Å². The summed E-state index contributed by atoms with van der Waals surface area (Å²) in [6.07, 6.45) is 0. The molecule has 3 aromatic rings. The van der Waals surface area contributed by atoms with Gasteiger partial charge in [0.2, 0.25) is 5.91 Å². The van der Waals surface area contributed by atoms with Crippen LogP contribution in [0, 0.1) is 6.92 Å². The molecule has 1 saturated heterocycles. The first-order valence-corrected chi connectivity index (χ1v) is 10.7. The highest BCUT2D eigenvalue weighted by molar-refractivity contribution is 6.02. The number of ether oxygens (including phenoxy) is 1. The van der Waals surface area contributed by atoms with E-state index in [0.29, 0.717) is 37.5 Å². The van der Waals surface area contributed by atoms with Crippen LogP contribution < -0.4 is 5.43 Å². The zero-order valence-electron chi connectivity index (χ0n) is 18.5. The molecule has 0 unspecified atom stereocenters. The van der Waals surface area contributed by atoms with E-state index in [0.717, 1.165) is 5.56 Å². The highest BCUT2D eigenvalue weighted by atomic mass is 16.5. The number of para-hydroxylation sites is 1. The number of amides is 2. The fraction of sp³-hybridized carbons (Fsp3) is 0.280. The topological polar surface area (TPSA) is 97.1 Å². The van der Waals surface area contributed by atoms with Crippen LogP contribution in [0.15, 0.2) is 57.7 Å². The lowest BCUT2D eigenvalue weighted by Gasteiger charge is -2.34. The van der Waals surface area contributed by atoms with Crippen LogP contribution in [0.2, 0.25) is 0 Å². The Morgan fingerprint density at radius 2 is 1.61 bits per heavy atom. The Morgan fingerprint density at radius 1 is 0.939 bits per heavy atom. The molecule has 0 bridgehead atoms. The van der Waals surface area contributed by atoms with Crippen molar-refractivity contribution in [2.24, 2.45) is 0 Å². The lowest BCUT2D eigenvalue weighted by atomic mass is 10.0. The first-order chi connectivity index (χ1) is 15.9. The number of carbonyl (C=O) groups excluding carboxylic acids is 3. The average molecular weight is 448 g/mol. The minimum absolute atomic E-state index is 0.0314. The highest BCUT2D eigenvalue weighted by Gasteiger charge is 2.24. The predicted octanol–water partition coefficient (Wildman–Crippen LogP) is 2.62. The Hall–Kier alpha value is -3.94. The van der Waals surface area contributed by atoms with Crippen molar-refractivity contribution in [3.8, 4) is 11.3 Å². The molecule has 2 heterocycles. The molecule has 1 fully saturated rings. The number of hydrogen-bond donors (Lipinski definition) is 0. The summed E-state index contributed by atoms with van der Waals surface area (Å²) in [7, 11) is 0. The maximum Gasteiger partial charge on any atom is 0.342 e. The number of piperazine rings is 1. The molecule has 0 N–H and O–H groups in total. The summed E-state index contributed by atoms with van der Waals surface area (Å²) in [5.74, 6) is -0.736. The predicted molar refractivity (Wildman–Crippen MR) is 122 cm³/mol. The third kappa shape index (κ3) is 4.50. The van der Waals surface area contributed by atoms with Crippen LogP contribution in [0.3, 0.4) is 0 Å². The van der Waals surface area contributed by atoms with Crippen molar-refractivity contribution in [2.75, 3.05) is 32.8 Å². The van der Waals surface area contributed by atoms with Gasteiger partial charge in [-0.25, -0.2) is 4.79 Å². The van der Waals surface area contributed by atoms with Gasteiger partial charge in [-0.1, -0.05) is 36.4 Å². The maximum absolute atomic E-state index is 12.9. The summed E-state index contributed by atoms with van der Waals surface area (Å²) in [6, 6.07) is 13.9. The smallest absolute Gasteiger partial charge is 0.342 e. The van der Waals surface area contributed by atoms with Gasteiger partial charge < -0.3 is 19.0 Å². The molecule has 0 spiro atoms. The largest absolute Gasteiger partial charge is 0.455 e. The number of esters is 1. The number of carbonyl (C=O) groups is 3. The molecule has 0 atom stereocenters. The Morgan fingerprint density at radius 3 is 2.27 bits per heavy atom. The zero-order chi connectivity index (χ0) is 23.5. The van der Waals surface area contributed by atoms with Crippen LogP contribution in [0.25, 0.3) is 22.3 Å². The van der Waals surface area contributed by atoms with Gasteiger partial charge in [0, 0.05) is 44.2 Å². The van der Waals surface area contributed by atoms with Crippen LogP contribution in [0.4, 0.5) is 0 Å². The SMILES string of the molecule is CC(=O)N1CCN(C(=O)COC(=O)c2cccc3c(=O)c(C)c(-c4ccccc4)oc23)CC1. The molecule has 2 aromatic carbocycles. The molecule has 4 rings (SSSR count). The summed E-state index contributed by atoms with van der Waals surface area (Å²) < 4.78 is 11.3. The van der Waals surface area contributed by atoms with Crippen LogP contribution >= 0.6 is 0 Å². The van der Waals surface area contributed by atoms with Crippen molar-refractivity contribution in [3.05, 3.63) is 69.9 Å². The Balaban J connectivity index is 1.55. The number of fused-ring (bicyclic) bond motifs is 1. The standard InChI is InChI=1S/C25H24N2O6/c1-16-22(30)19-9-6-10-20(24(19)33-23(16)18-7-4-3-5-8-18)25(31)32-15-21(29)27-13-11-26(12-14-27)17(2)28/h3-10H,11-15H2,1-2H3. The van der Waals surface area contributed by atoms with Gasteiger partial charge in [-0.05, 0) is 19.1 Å². The second-order valence-corrected chi connectivity index (χ2v) is 7.90. The molecule has 2 amide bonds. The molecule has 0 aliphatic carbocycles. The van der Waals surface area contributed by atoms with Gasteiger partial charge >= 0.3 is 5.97 Å². The van der Waals surface area contributed by atoms with E-state index in [4.69, 9.17) is 9.15 Å². The summed E-state index contributed by atoms with van der Waals surface area (Å²) in [5, 5.41) is 0.272. The van der Waals surface area contributed by atoms with Gasteiger partial charge in [-0.3, -0.25) is 14.4 Å². The quantitative estimate of drug-likeness (QED) is 0.569. The van der Waals surface area contributed by atoms with E-state index in [9.17, 15) is 19.2 Å². The zero-order valence-corrected chi connectivity index (χ0v) is 18.5. The molecule has 8 nitrogen and oxygen atoms in total. The number of hydrogen-bond acceptors (Lipinski definition) is 6. The molecular weight excluding hydrogens is 424 g/mol. The second-order valence-electron chi connectivity index (χ2n) is 7.90. The van der Waals surface area contributed by atoms with E-state index in [-0.39, 0.29) is 33.8 Å². The Kier molecular flexibility index (Phi) is 6.26. The molecule has 33 heavy (non-hydrogen) atoms. The van der Waals surface area contributed by atoms with E-state index >= 15 is 0 Å². The molecule has 1 aromatic heterocycles. The second kappa shape index (κ2) is 9.28. The summed E-state index contributed by atoms with van der Waals surface area (Å²) in [4.78, 5) is 52.9. The maximum atomic E-state index is 12.9. The molecule has 0 saturated carbocycles. The first-order valence-electron chi connectivity index (χ1n) is 10.7. The number of nitrogens with zero attached hydrogens (tertiary/aromatic N) is 2. The van der Waals surface area contributed by atoms with E-state index in [2.05, 4.69) is 0 Å². The van der Waals surface area contributed by atoms with Crippen molar-refractivity contribution in [1.29, 1.82) is 0 Å². The third-order valence-electron chi connectivity index (χ3n) is 5.81. The highest BCUT2D eigenvalue weighted by Crippen LogP contribution is 2.27. The normalized spacial score (nSPS) is 13.8. The molecule has 8 heteroatoms. The van der Waals surface area contributed by atoms with Crippen LogP contribution in [-0.2, 0) is 14.3 Å². The van der Waals surface area contributed by atoms with Gasteiger partial charge in [0.1, 0.15) is 11.3 Å². The lowest BCUT2D eigenvalue weighted by Crippen LogP contribution is -2.51. The minimum atomic E-state index is -0.748. The molecule has 1 aliphatic heterocycles. The number of rotatable bonds is 4. The van der Waals surface area contributed by atoms with Gasteiger partial charge in [0.25, 0.3) is 5.91 Å². The van der Waals surface area contributed by atoms with Gasteiger partial charge in [-0.2, -0.15) is 0 Å². The number of benzene rings is 2. The Bertz CT molecular complexity index is 1270. The summed E-state index contributed by atoms with van der Waals surface area (Å²) in [5.41, 5.74) is 1.13. The molecule has 170 valence electrons. The van der Waals surface area contributed by atoms with E-state index < -0.39 is 12.6 Å². The van der Waals surface area contributed by atoms with Crippen molar-refractivity contribution >= 4 is 28.8 Å². The van der Waals surface area contributed by atoms with Crippen molar-refractivity contribution < 1.29 is 23.5 Å². The van der Waals surface area contributed by atoms with Gasteiger partial charge in [-0.15, -0.1) is 0 Å². The van der Waals surface area contributed by atoms with Crippen LogP contribution in [0.5, 0.6) is 0 Å². The summed E-state index contributed by atoms with van der Waals surface area (Å²) >= 11 is 0. The van der Waals surface area contributed by atoms with Gasteiger partial charge in [0.05, 0.1) is 5.39 Å². The Labute approximate surface area is 190 Å². The molecular formula is C25H24N2O6.